The minimum absolute atomic E-state index is 0.0889. The van der Waals surface area contributed by atoms with Crippen LogP contribution in [0.25, 0.3) is 0 Å². The Balaban J connectivity index is 2.20. The highest BCUT2D eigenvalue weighted by Crippen LogP contribution is 2.33. The summed E-state index contributed by atoms with van der Waals surface area (Å²) >= 11 is 3.44. The van der Waals surface area contributed by atoms with Crippen LogP contribution in [-0.2, 0) is 4.79 Å². The van der Waals surface area contributed by atoms with Crippen LogP contribution < -0.4 is 0 Å². The number of carbonyl (C=O) groups is 1. The van der Waals surface area contributed by atoms with Crippen LogP contribution in [0, 0.1) is 5.92 Å². The van der Waals surface area contributed by atoms with Crippen LogP contribution in [0.2, 0.25) is 0 Å². The van der Waals surface area contributed by atoms with E-state index < -0.39 is 0 Å². The predicted octanol–water partition coefficient (Wildman–Crippen LogP) is 3.77. The van der Waals surface area contributed by atoms with E-state index in [1.165, 1.54) is 5.56 Å². The van der Waals surface area contributed by atoms with Gasteiger partial charge in [-0.1, -0.05) is 41.9 Å². The minimum Gasteiger partial charge on any atom is -0.335 e. The molecule has 0 unspecified atom stereocenters. The molecule has 1 fully saturated rings. The maximum absolute atomic E-state index is 12.1. The first kappa shape index (κ1) is 12.6. The maximum Gasteiger partial charge on any atom is 0.225 e. The van der Waals surface area contributed by atoms with Gasteiger partial charge in [-0.15, -0.1) is 0 Å². The van der Waals surface area contributed by atoms with Crippen molar-refractivity contribution < 1.29 is 4.79 Å². The molecule has 1 aromatic rings. The molecule has 3 heteroatoms. The number of rotatable bonds is 2. The summed E-state index contributed by atoms with van der Waals surface area (Å²) in [5, 5.41) is 0. The number of hydrogen-bond acceptors (Lipinski definition) is 1. The van der Waals surface area contributed by atoms with Gasteiger partial charge in [0.05, 0.1) is 6.04 Å². The molecule has 0 spiro atoms. The highest BCUT2D eigenvalue weighted by atomic mass is 79.9. The molecule has 1 aliphatic rings. The zero-order valence-electron chi connectivity index (χ0n) is 10.3. The van der Waals surface area contributed by atoms with E-state index in [0.29, 0.717) is 0 Å². The van der Waals surface area contributed by atoms with Gasteiger partial charge < -0.3 is 4.90 Å². The van der Waals surface area contributed by atoms with Gasteiger partial charge in [0.2, 0.25) is 5.91 Å². The normalized spacial score (nSPS) is 20.0. The Labute approximate surface area is 111 Å². The number of nitrogens with zero attached hydrogens (tertiary/aromatic N) is 1. The lowest BCUT2D eigenvalue weighted by Gasteiger charge is -2.26. The fourth-order valence-electron chi connectivity index (χ4n) is 2.39. The first-order valence-corrected chi connectivity index (χ1v) is 6.95. The number of hydrogen-bond donors (Lipinski definition) is 0. The van der Waals surface area contributed by atoms with Crippen LogP contribution in [-0.4, -0.2) is 17.4 Å². The highest BCUT2D eigenvalue weighted by molar-refractivity contribution is 9.10. The number of likely N-dealkylation sites (tertiary alicyclic amines) is 1. The number of amides is 1. The molecule has 1 saturated heterocycles. The topological polar surface area (TPSA) is 20.3 Å². The van der Waals surface area contributed by atoms with E-state index in [-0.39, 0.29) is 17.9 Å². The Bertz CT molecular complexity index is 399. The van der Waals surface area contributed by atoms with Crippen molar-refractivity contribution in [3.8, 4) is 0 Å². The summed E-state index contributed by atoms with van der Waals surface area (Å²) in [5.74, 6) is 0.362. The van der Waals surface area contributed by atoms with E-state index in [2.05, 4.69) is 28.1 Å². The number of halogens is 1. The maximum atomic E-state index is 12.1. The van der Waals surface area contributed by atoms with Gasteiger partial charge in [-0.05, 0) is 30.5 Å². The van der Waals surface area contributed by atoms with Crippen molar-refractivity contribution in [3.63, 3.8) is 0 Å². The lowest BCUT2D eigenvalue weighted by atomic mass is 10.0. The summed E-state index contributed by atoms with van der Waals surface area (Å²) in [6.07, 6.45) is 2.19. The number of benzene rings is 1. The molecule has 0 bridgehead atoms. The molecule has 2 rings (SSSR count). The molecule has 0 N–H and O–H groups in total. The van der Waals surface area contributed by atoms with Crippen LogP contribution in [0.5, 0.6) is 0 Å². The average molecular weight is 296 g/mol. The molecule has 0 aliphatic carbocycles. The molecule has 2 nitrogen and oxygen atoms in total. The molecular weight excluding hydrogens is 278 g/mol. The summed E-state index contributed by atoms with van der Waals surface area (Å²) in [5.41, 5.74) is 1.25. The van der Waals surface area contributed by atoms with Gasteiger partial charge in [0.25, 0.3) is 0 Å². The molecule has 0 saturated carbocycles. The first-order chi connectivity index (χ1) is 8.09. The largest absolute Gasteiger partial charge is 0.335 e. The third kappa shape index (κ3) is 2.71. The fraction of sp³-hybridized carbons (Fsp3) is 0.500. The molecule has 0 radical (unpaired) electrons. The van der Waals surface area contributed by atoms with Gasteiger partial charge in [0, 0.05) is 16.9 Å². The quantitative estimate of drug-likeness (QED) is 0.813. The van der Waals surface area contributed by atoms with Crippen molar-refractivity contribution >= 4 is 21.8 Å². The lowest BCUT2D eigenvalue weighted by Crippen LogP contribution is -2.33. The van der Waals surface area contributed by atoms with Crippen molar-refractivity contribution in [2.24, 2.45) is 5.92 Å². The molecular formula is C14H18BrNO. The van der Waals surface area contributed by atoms with Crippen molar-refractivity contribution in [2.75, 3.05) is 6.54 Å². The summed E-state index contributed by atoms with van der Waals surface area (Å²) in [6, 6.07) is 8.59. The molecule has 17 heavy (non-hydrogen) atoms. The van der Waals surface area contributed by atoms with E-state index in [4.69, 9.17) is 0 Å². The van der Waals surface area contributed by atoms with Crippen LogP contribution in [0.4, 0.5) is 0 Å². The smallest absolute Gasteiger partial charge is 0.225 e. The Kier molecular flexibility index (Phi) is 3.87. The van der Waals surface area contributed by atoms with Crippen LogP contribution >= 0.6 is 15.9 Å². The Morgan fingerprint density at radius 3 is 2.59 bits per heavy atom. The first-order valence-electron chi connectivity index (χ1n) is 6.15. The summed E-state index contributed by atoms with van der Waals surface area (Å²) < 4.78 is 1.08. The van der Waals surface area contributed by atoms with E-state index >= 15 is 0 Å². The van der Waals surface area contributed by atoms with Crippen molar-refractivity contribution in [3.05, 3.63) is 34.3 Å². The molecule has 0 aromatic heterocycles. The predicted molar refractivity (Wildman–Crippen MR) is 72.7 cm³/mol. The van der Waals surface area contributed by atoms with Crippen LogP contribution in [0.1, 0.15) is 38.3 Å². The van der Waals surface area contributed by atoms with Gasteiger partial charge in [-0.3, -0.25) is 4.79 Å². The molecule has 1 atom stereocenters. The molecule has 1 amide bonds. The van der Waals surface area contributed by atoms with Crippen molar-refractivity contribution in [2.45, 2.75) is 32.7 Å². The Morgan fingerprint density at radius 1 is 1.35 bits per heavy atom. The van der Waals surface area contributed by atoms with Gasteiger partial charge in [0.15, 0.2) is 0 Å². The second-order valence-electron chi connectivity index (χ2n) is 4.90. The third-order valence-electron chi connectivity index (χ3n) is 3.28. The third-order valence-corrected chi connectivity index (χ3v) is 3.81. The minimum atomic E-state index is 0.0889. The second-order valence-corrected chi connectivity index (χ2v) is 5.81. The van der Waals surface area contributed by atoms with Gasteiger partial charge in [-0.2, -0.15) is 0 Å². The van der Waals surface area contributed by atoms with Gasteiger partial charge >= 0.3 is 0 Å². The van der Waals surface area contributed by atoms with Gasteiger partial charge in [-0.25, -0.2) is 0 Å². The molecule has 1 heterocycles. The summed E-state index contributed by atoms with van der Waals surface area (Å²) in [7, 11) is 0. The Hall–Kier alpha value is -0.830. The van der Waals surface area contributed by atoms with E-state index in [0.717, 1.165) is 23.9 Å². The highest BCUT2D eigenvalue weighted by Gasteiger charge is 2.30. The number of carbonyl (C=O) groups excluding carboxylic acids is 1. The van der Waals surface area contributed by atoms with Crippen molar-refractivity contribution in [1.29, 1.82) is 0 Å². The summed E-state index contributed by atoms with van der Waals surface area (Å²) in [6.45, 7) is 4.84. The van der Waals surface area contributed by atoms with E-state index in [1.807, 2.05) is 30.9 Å². The molecule has 92 valence electrons. The Morgan fingerprint density at radius 2 is 2.00 bits per heavy atom. The van der Waals surface area contributed by atoms with E-state index in [9.17, 15) is 4.79 Å². The zero-order valence-corrected chi connectivity index (χ0v) is 11.9. The van der Waals surface area contributed by atoms with Crippen molar-refractivity contribution in [1.82, 2.24) is 4.90 Å². The second kappa shape index (κ2) is 5.21. The van der Waals surface area contributed by atoms with Gasteiger partial charge in [0.1, 0.15) is 0 Å². The monoisotopic (exact) mass is 295 g/mol. The fourth-order valence-corrected chi connectivity index (χ4v) is 2.66. The summed E-state index contributed by atoms with van der Waals surface area (Å²) in [4.78, 5) is 14.1. The molecule has 1 aliphatic heterocycles. The molecule has 1 aromatic carbocycles. The van der Waals surface area contributed by atoms with Crippen LogP contribution in [0.15, 0.2) is 28.7 Å². The van der Waals surface area contributed by atoms with Crippen LogP contribution in [0.3, 0.4) is 0 Å². The average Bonchev–Trinajstić information content (AvgIpc) is 2.77. The zero-order chi connectivity index (χ0) is 12.4. The SMILES string of the molecule is CC(C)C(=O)N1CCC[C@H]1c1ccc(Br)cc1. The lowest BCUT2D eigenvalue weighted by molar-refractivity contribution is -0.135. The standard InChI is InChI=1S/C14H18BrNO/c1-10(2)14(17)16-9-3-4-13(16)11-5-7-12(15)8-6-11/h5-8,10,13H,3-4,9H2,1-2H3/t13-/m0/s1. The van der Waals surface area contributed by atoms with E-state index in [1.54, 1.807) is 0 Å².